The van der Waals surface area contributed by atoms with Gasteiger partial charge in [0.25, 0.3) is 0 Å². The number of likely N-dealkylation sites (tertiary alicyclic amines) is 1. The molecule has 5 nitrogen and oxygen atoms in total. The molecule has 6 heteroatoms. The molecule has 136 valence electrons. The van der Waals surface area contributed by atoms with Crippen LogP contribution in [-0.2, 0) is 16.1 Å². The first-order valence-corrected chi connectivity index (χ1v) is 9.05. The summed E-state index contributed by atoms with van der Waals surface area (Å²) in [5.74, 6) is -0.0525. The molecule has 3 atom stereocenters. The topological polar surface area (TPSA) is 61.4 Å². The third-order valence-electron chi connectivity index (χ3n) is 5.62. The minimum absolute atomic E-state index is 0. The van der Waals surface area contributed by atoms with E-state index >= 15 is 0 Å². The van der Waals surface area contributed by atoms with E-state index in [1.165, 1.54) is 12.8 Å². The molecule has 1 aromatic rings. The van der Waals surface area contributed by atoms with Crippen LogP contribution in [0.3, 0.4) is 0 Å². The quantitative estimate of drug-likeness (QED) is 0.858. The summed E-state index contributed by atoms with van der Waals surface area (Å²) in [6.07, 6.45) is 4.84. The molecule has 3 aliphatic rings. The van der Waals surface area contributed by atoms with Crippen molar-refractivity contribution in [2.75, 3.05) is 6.54 Å². The Morgan fingerprint density at radius 1 is 1.16 bits per heavy atom. The van der Waals surface area contributed by atoms with Gasteiger partial charge < -0.3 is 15.5 Å². The average Bonchev–Trinajstić information content (AvgIpc) is 3.11. The molecule has 3 fully saturated rings. The molecular formula is C19H26ClN3O2. The minimum atomic E-state index is -0.200. The summed E-state index contributed by atoms with van der Waals surface area (Å²) in [5, 5.41) is 6.80. The van der Waals surface area contributed by atoms with Gasteiger partial charge in [-0.15, -0.1) is 12.4 Å². The first-order valence-electron chi connectivity index (χ1n) is 9.05. The molecular weight excluding hydrogens is 338 g/mol. The number of fused-ring (bicyclic) bond motifs is 2. The Labute approximate surface area is 154 Å². The van der Waals surface area contributed by atoms with Crippen LogP contribution in [0.5, 0.6) is 0 Å². The third kappa shape index (κ3) is 4.15. The lowest BCUT2D eigenvalue weighted by Crippen LogP contribution is -2.49. The second-order valence-corrected chi connectivity index (χ2v) is 7.48. The van der Waals surface area contributed by atoms with E-state index < -0.39 is 0 Å². The normalized spacial score (nSPS) is 30.9. The lowest BCUT2D eigenvalue weighted by atomic mass is 9.98. The highest BCUT2D eigenvalue weighted by molar-refractivity contribution is 5.89. The van der Waals surface area contributed by atoms with E-state index in [1.54, 1.807) is 0 Å². The molecule has 2 amide bonds. The molecule has 25 heavy (non-hydrogen) atoms. The van der Waals surface area contributed by atoms with Crippen molar-refractivity contribution in [2.45, 2.75) is 56.8 Å². The lowest BCUT2D eigenvalue weighted by molar-refractivity contribution is -0.129. The molecule has 3 heterocycles. The van der Waals surface area contributed by atoms with E-state index in [-0.39, 0.29) is 36.2 Å². The second-order valence-electron chi connectivity index (χ2n) is 7.48. The van der Waals surface area contributed by atoms with Gasteiger partial charge in [0.1, 0.15) is 0 Å². The van der Waals surface area contributed by atoms with Crippen LogP contribution in [-0.4, -0.2) is 41.4 Å². The van der Waals surface area contributed by atoms with E-state index in [4.69, 9.17) is 0 Å². The van der Waals surface area contributed by atoms with Gasteiger partial charge in [-0.2, -0.15) is 0 Å². The highest BCUT2D eigenvalue weighted by Crippen LogP contribution is 2.27. The van der Waals surface area contributed by atoms with Crippen LogP contribution in [0.4, 0.5) is 0 Å². The first-order chi connectivity index (χ1) is 11.7. The maximum absolute atomic E-state index is 12.6. The van der Waals surface area contributed by atoms with Gasteiger partial charge in [-0.25, -0.2) is 0 Å². The average molecular weight is 364 g/mol. The van der Waals surface area contributed by atoms with Crippen molar-refractivity contribution in [1.29, 1.82) is 0 Å². The fraction of sp³-hybridized carbons (Fsp3) is 0.579. The molecule has 0 saturated carbocycles. The number of nitrogens with zero attached hydrogens (tertiary/aromatic N) is 1. The van der Waals surface area contributed by atoms with Crippen molar-refractivity contribution >= 4 is 24.2 Å². The Kier molecular flexibility index (Phi) is 5.64. The van der Waals surface area contributed by atoms with Gasteiger partial charge >= 0.3 is 0 Å². The van der Waals surface area contributed by atoms with Gasteiger partial charge in [0.15, 0.2) is 0 Å². The van der Waals surface area contributed by atoms with Gasteiger partial charge in [-0.1, -0.05) is 30.3 Å². The zero-order valence-electron chi connectivity index (χ0n) is 14.3. The van der Waals surface area contributed by atoms with E-state index in [0.29, 0.717) is 31.6 Å². The van der Waals surface area contributed by atoms with Gasteiger partial charge in [-0.3, -0.25) is 9.59 Å². The van der Waals surface area contributed by atoms with E-state index in [2.05, 4.69) is 10.6 Å². The number of benzene rings is 1. The summed E-state index contributed by atoms with van der Waals surface area (Å²) in [6, 6.07) is 11.4. The molecule has 3 unspecified atom stereocenters. The Hall–Kier alpha value is -1.59. The predicted octanol–water partition coefficient (Wildman–Crippen LogP) is 1.86. The number of piperidine rings is 1. The molecule has 3 saturated heterocycles. The maximum atomic E-state index is 12.6. The number of carbonyl (C=O) groups is 2. The van der Waals surface area contributed by atoms with Gasteiger partial charge in [0.05, 0.1) is 5.92 Å². The van der Waals surface area contributed by atoms with Crippen LogP contribution in [0.2, 0.25) is 0 Å². The molecule has 4 rings (SSSR count). The SMILES string of the molecule is Cl.O=C(NC1CC2CCC(C1)N2)C1CC(=O)N(Cc2ccccc2)C1. The van der Waals surface area contributed by atoms with Crippen molar-refractivity contribution in [3.8, 4) is 0 Å². The smallest absolute Gasteiger partial charge is 0.225 e. The predicted molar refractivity (Wildman–Crippen MR) is 98.3 cm³/mol. The zero-order chi connectivity index (χ0) is 16.5. The van der Waals surface area contributed by atoms with Gasteiger partial charge in [-0.05, 0) is 31.2 Å². The van der Waals surface area contributed by atoms with E-state index in [9.17, 15) is 9.59 Å². The fourth-order valence-corrected chi connectivity index (χ4v) is 4.40. The lowest BCUT2D eigenvalue weighted by Gasteiger charge is -2.30. The Balaban J connectivity index is 0.00000182. The summed E-state index contributed by atoms with van der Waals surface area (Å²) in [6.45, 7) is 1.14. The van der Waals surface area contributed by atoms with Gasteiger partial charge in [0, 0.05) is 37.6 Å². The number of nitrogens with one attached hydrogen (secondary N) is 2. The Morgan fingerprint density at radius 2 is 1.84 bits per heavy atom. The fourth-order valence-electron chi connectivity index (χ4n) is 4.40. The molecule has 1 aromatic carbocycles. The Bertz CT molecular complexity index is 612. The summed E-state index contributed by atoms with van der Waals surface area (Å²) < 4.78 is 0. The minimum Gasteiger partial charge on any atom is -0.353 e. The first kappa shape index (κ1) is 18.2. The number of amides is 2. The number of hydrogen-bond acceptors (Lipinski definition) is 3. The Morgan fingerprint density at radius 3 is 2.52 bits per heavy atom. The van der Waals surface area contributed by atoms with Crippen LogP contribution in [0.15, 0.2) is 30.3 Å². The third-order valence-corrected chi connectivity index (χ3v) is 5.62. The zero-order valence-corrected chi connectivity index (χ0v) is 15.1. The molecule has 0 radical (unpaired) electrons. The van der Waals surface area contributed by atoms with Crippen LogP contribution >= 0.6 is 12.4 Å². The van der Waals surface area contributed by atoms with Crippen molar-refractivity contribution < 1.29 is 9.59 Å². The van der Waals surface area contributed by atoms with Crippen LogP contribution in [0.1, 0.15) is 37.7 Å². The van der Waals surface area contributed by atoms with Crippen molar-refractivity contribution in [3.05, 3.63) is 35.9 Å². The second kappa shape index (κ2) is 7.75. The molecule has 0 aliphatic carbocycles. The van der Waals surface area contributed by atoms with E-state index in [1.807, 2.05) is 35.2 Å². The van der Waals surface area contributed by atoms with Gasteiger partial charge in [0.2, 0.25) is 11.8 Å². The van der Waals surface area contributed by atoms with Crippen molar-refractivity contribution in [1.82, 2.24) is 15.5 Å². The van der Waals surface area contributed by atoms with Crippen molar-refractivity contribution in [2.24, 2.45) is 5.92 Å². The summed E-state index contributed by atoms with van der Waals surface area (Å²) in [4.78, 5) is 26.6. The number of halogens is 1. The number of carbonyl (C=O) groups excluding carboxylic acids is 2. The molecule has 0 aromatic heterocycles. The van der Waals surface area contributed by atoms with Crippen LogP contribution in [0, 0.1) is 5.92 Å². The standard InChI is InChI=1S/C19H25N3O2.ClH/c23-18-8-14(12-22(18)11-13-4-2-1-3-5-13)19(24)21-17-9-15-6-7-16(10-17)20-15;/h1-5,14-17,20H,6-12H2,(H,21,24);1H. The van der Waals surface area contributed by atoms with Crippen LogP contribution < -0.4 is 10.6 Å². The van der Waals surface area contributed by atoms with Crippen LogP contribution in [0.25, 0.3) is 0 Å². The number of hydrogen-bond donors (Lipinski definition) is 2. The van der Waals surface area contributed by atoms with E-state index in [0.717, 1.165) is 18.4 Å². The highest BCUT2D eigenvalue weighted by Gasteiger charge is 2.38. The summed E-state index contributed by atoms with van der Waals surface area (Å²) >= 11 is 0. The summed E-state index contributed by atoms with van der Waals surface area (Å²) in [7, 11) is 0. The molecule has 2 N–H and O–H groups in total. The highest BCUT2D eigenvalue weighted by atomic mass is 35.5. The largest absolute Gasteiger partial charge is 0.353 e. The van der Waals surface area contributed by atoms with Crippen molar-refractivity contribution in [3.63, 3.8) is 0 Å². The number of rotatable bonds is 4. The molecule has 3 aliphatic heterocycles. The molecule has 0 spiro atoms. The molecule has 2 bridgehead atoms. The summed E-state index contributed by atoms with van der Waals surface area (Å²) in [5.41, 5.74) is 1.11. The monoisotopic (exact) mass is 363 g/mol. The maximum Gasteiger partial charge on any atom is 0.225 e.